The van der Waals surface area contributed by atoms with Crippen molar-refractivity contribution >= 4 is 18.0 Å². The van der Waals surface area contributed by atoms with Crippen molar-refractivity contribution in [3.05, 3.63) is 46.4 Å². The average Bonchev–Trinajstić information content (AvgIpc) is 2.44. The van der Waals surface area contributed by atoms with Gasteiger partial charge < -0.3 is 15.0 Å². The molecule has 100 valence electrons. The van der Waals surface area contributed by atoms with Crippen LogP contribution in [0.15, 0.2) is 30.3 Å². The number of anilines is 1. The number of benzene rings is 1. The van der Waals surface area contributed by atoms with Crippen molar-refractivity contribution in [2.45, 2.75) is 19.9 Å². The summed E-state index contributed by atoms with van der Waals surface area (Å²) in [4.78, 5) is 7.45. The van der Waals surface area contributed by atoms with Gasteiger partial charge in [-0.2, -0.15) is 0 Å². The van der Waals surface area contributed by atoms with Crippen molar-refractivity contribution in [1.82, 2.24) is 9.97 Å². The SMILES string of the molecule is CCc1nc(=S)cc(NCc2ccccc2OC)[nH]1. The molecule has 2 rings (SSSR count). The quantitative estimate of drug-likeness (QED) is 0.822. The van der Waals surface area contributed by atoms with Gasteiger partial charge in [-0.15, -0.1) is 0 Å². The van der Waals surface area contributed by atoms with E-state index in [4.69, 9.17) is 17.0 Å². The molecule has 0 aliphatic carbocycles. The average molecular weight is 275 g/mol. The van der Waals surface area contributed by atoms with Crippen LogP contribution >= 0.6 is 12.2 Å². The first-order valence-corrected chi connectivity index (χ1v) is 6.59. The Balaban J connectivity index is 2.14. The number of nitrogens with zero attached hydrogens (tertiary/aromatic N) is 1. The number of H-pyrrole nitrogens is 1. The number of nitrogens with one attached hydrogen (secondary N) is 2. The molecule has 5 heteroatoms. The molecule has 1 aromatic carbocycles. The number of aryl methyl sites for hydroxylation is 1. The molecule has 19 heavy (non-hydrogen) atoms. The van der Waals surface area contributed by atoms with Gasteiger partial charge in [0.2, 0.25) is 0 Å². The number of rotatable bonds is 5. The first kappa shape index (κ1) is 13.5. The van der Waals surface area contributed by atoms with Crippen molar-refractivity contribution < 1.29 is 4.74 Å². The second-order valence-corrected chi connectivity index (χ2v) is 4.52. The fraction of sp³-hybridized carbons (Fsp3) is 0.286. The zero-order chi connectivity index (χ0) is 13.7. The minimum atomic E-state index is 0.595. The Morgan fingerprint density at radius 1 is 1.37 bits per heavy atom. The molecule has 1 heterocycles. The molecule has 4 nitrogen and oxygen atoms in total. The second-order valence-electron chi connectivity index (χ2n) is 4.10. The molecular formula is C14H17N3OS. The first-order valence-electron chi connectivity index (χ1n) is 6.19. The number of para-hydroxylation sites is 1. The third-order valence-electron chi connectivity index (χ3n) is 2.79. The summed E-state index contributed by atoms with van der Waals surface area (Å²) >= 11 is 5.14. The third kappa shape index (κ3) is 3.54. The maximum Gasteiger partial charge on any atom is 0.131 e. The minimum absolute atomic E-state index is 0.595. The highest BCUT2D eigenvalue weighted by atomic mass is 32.1. The Morgan fingerprint density at radius 3 is 2.89 bits per heavy atom. The van der Waals surface area contributed by atoms with Crippen LogP contribution < -0.4 is 10.1 Å². The van der Waals surface area contributed by atoms with Gasteiger partial charge >= 0.3 is 0 Å². The van der Waals surface area contributed by atoms with Crippen LogP contribution in [-0.4, -0.2) is 17.1 Å². The molecule has 2 aromatic rings. The van der Waals surface area contributed by atoms with E-state index in [-0.39, 0.29) is 0 Å². The minimum Gasteiger partial charge on any atom is -0.496 e. The molecular weight excluding hydrogens is 258 g/mol. The smallest absolute Gasteiger partial charge is 0.131 e. The van der Waals surface area contributed by atoms with Gasteiger partial charge in [0.1, 0.15) is 22.0 Å². The van der Waals surface area contributed by atoms with E-state index < -0.39 is 0 Å². The Morgan fingerprint density at radius 2 is 2.16 bits per heavy atom. The van der Waals surface area contributed by atoms with E-state index in [9.17, 15) is 0 Å². The topological polar surface area (TPSA) is 49.9 Å². The van der Waals surface area contributed by atoms with Crippen LogP contribution in [0.2, 0.25) is 0 Å². The molecule has 1 aromatic heterocycles. The molecule has 0 aliphatic heterocycles. The zero-order valence-electron chi connectivity index (χ0n) is 11.1. The second kappa shape index (κ2) is 6.33. The molecule has 0 spiro atoms. The molecule has 0 fully saturated rings. The maximum absolute atomic E-state index is 5.32. The fourth-order valence-corrected chi connectivity index (χ4v) is 2.04. The van der Waals surface area contributed by atoms with Crippen molar-refractivity contribution in [3.8, 4) is 5.75 Å². The normalized spacial score (nSPS) is 10.2. The highest BCUT2D eigenvalue weighted by Crippen LogP contribution is 2.18. The summed E-state index contributed by atoms with van der Waals surface area (Å²) in [5.74, 6) is 2.64. The fourth-order valence-electron chi connectivity index (χ4n) is 1.81. The number of aromatic amines is 1. The molecule has 2 N–H and O–H groups in total. The summed E-state index contributed by atoms with van der Waals surface area (Å²) < 4.78 is 5.91. The molecule has 0 saturated heterocycles. The molecule has 0 unspecified atom stereocenters. The van der Waals surface area contributed by atoms with E-state index in [0.717, 1.165) is 29.4 Å². The van der Waals surface area contributed by atoms with E-state index >= 15 is 0 Å². The number of hydrogen-bond donors (Lipinski definition) is 2. The number of hydrogen-bond acceptors (Lipinski definition) is 4. The Hall–Kier alpha value is -1.88. The van der Waals surface area contributed by atoms with E-state index in [1.807, 2.05) is 37.3 Å². The van der Waals surface area contributed by atoms with Crippen molar-refractivity contribution in [2.75, 3.05) is 12.4 Å². The van der Waals surface area contributed by atoms with Gasteiger partial charge in [0, 0.05) is 24.6 Å². The lowest BCUT2D eigenvalue weighted by Crippen LogP contribution is -2.05. The van der Waals surface area contributed by atoms with Gasteiger partial charge in [-0.3, -0.25) is 0 Å². The summed E-state index contributed by atoms with van der Waals surface area (Å²) in [7, 11) is 1.67. The van der Waals surface area contributed by atoms with Gasteiger partial charge in [0.25, 0.3) is 0 Å². The van der Waals surface area contributed by atoms with Crippen LogP contribution in [0.3, 0.4) is 0 Å². The lowest BCUT2D eigenvalue weighted by molar-refractivity contribution is 0.410. The molecule has 0 bridgehead atoms. The van der Waals surface area contributed by atoms with Crippen LogP contribution in [0.1, 0.15) is 18.3 Å². The molecule has 0 radical (unpaired) electrons. The Bertz CT molecular complexity index is 610. The monoisotopic (exact) mass is 275 g/mol. The van der Waals surface area contributed by atoms with Crippen LogP contribution in [0.5, 0.6) is 5.75 Å². The Kier molecular flexibility index (Phi) is 4.52. The Labute approximate surface area is 117 Å². The van der Waals surface area contributed by atoms with Crippen molar-refractivity contribution in [1.29, 1.82) is 0 Å². The standard InChI is InChI=1S/C14H17N3OS/c1-3-12-16-13(8-14(19)17-12)15-9-10-6-4-5-7-11(10)18-2/h4-8H,3,9H2,1-2H3,(H2,15,16,17,19). The predicted octanol–water partition coefficient (Wildman–Crippen LogP) is 3.32. The largest absolute Gasteiger partial charge is 0.496 e. The molecule has 0 saturated carbocycles. The summed E-state index contributed by atoms with van der Waals surface area (Å²) in [6, 6.07) is 9.75. The lowest BCUT2D eigenvalue weighted by Gasteiger charge is -2.11. The van der Waals surface area contributed by atoms with Gasteiger partial charge in [0.05, 0.1) is 7.11 Å². The third-order valence-corrected chi connectivity index (χ3v) is 3.00. The van der Waals surface area contributed by atoms with Crippen LogP contribution in [-0.2, 0) is 13.0 Å². The highest BCUT2D eigenvalue weighted by molar-refractivity contribution is 7.71. The molecule has 0 aliphatic rings. The van der Waals surface area contributed by atoms with E-state index in [2.05, 4.69) is 15.3 Å². The van der Waals surface area contributed by atoms with Crippen LogP contribution in [0, 0.1) is 4.64 Å². The van der Waals surface area contributed by atoms with E-state index in [0.29, 0.717) is 11.2 Å². The van der Waals surface area contributed by atoms with Crippen LogP contribution in [0.4, 0.5) is 5.82 Å². The van der Waals surface area contributed by atoms with E-state index in [1.165, 1.54) is 0 Å². The summed E-state index contributed by atoms with van der Waals surface area (Å²) in [6.07, 6.45) is 0.827. The summed E-state index contributed by atoms with van der Waals surface area (Å²) in [5.41, 5.74) is 1.10. The first-order chi connectivity index (χ1) is 9.22. The maximum atomic E-state index is 5.32. The van der Waals surface area contributed by atoms with E-state index in [1.54, 1.807) is 7.11 Å². The van der Waals surface area contributed by atoms with Gasteiger partial charge in [-0.05, 0) is 6.07 Å². The summed E-state index contributed by atoms with van der Waals surface area (Å²) in [5, 5.41) is 3.31. The van der Waals surface area contributed by atoms with Gasteiger partial charge in [-0.25, -0.2) is 4.98 Å². The van der Waals surface area contributed by atoms with Gasteiger partial charge in [-0.1, -0.05) is 37.3 Å². The lowest BCUT2D eigenvalue weighted by atomic mass is 10.2. The zero-order valence-corrected chi connectivity index (χ0v) is 11.9. The number of methoxy groups -OCH3 is 1. The molecule has 0 amide bonds. The van der Waals surface area contributed by atoms with Gasteiger partial charge in [0.15, 0.2) is 0 Å². The molecule has 0 atom stereocenters. The number of aromatic nitrogens is 2. The summed E-state index contributed by atoms with van der Waals surface area (Å²) in [6.45, 7) is 2.71. The van der Waals surface area contributed by atoms with Crippen LogP contribution in [0.25, 0.3) is 0 Å². The highest BCUT2D eigenvalue weighted by Gasteiger charge is 2.02. The van der Waals surface area contributed by atoms with Crippen molar-refractivity contribution in [2.24, 2.45) is 0 Å². The number of ether oxygens (including phenoxy) is 1. The van der Waals surface area contributed by atoms with Crippen molar-refractivity contribution in [3.63, 3.8) is 0 Å². The predicted molar refractivity (Wildman–Crippen MR) is 79.1 cm³/mol.